The lowest BCUT2D eigenvalue weighted by Crippen LogP contribution is -2.15. The van der Waals surface area contributed by atoms with Crippen molar-refractivity contribution in [2.24, 2.45) is 0 Å². The van der Waals surface area contributed by atoms with Crippen LogP contribution >= 0.6 is 0 Å². The lowest BCUT2D eigenvalue weighted by atomic mass is 10.0. The predicted octanol–water partition coefficient (Wildman–Crippen LogP) is 0.800. The average molecular weight is 277 g/mol. The fourth-order valence-electron chi connectivity index (χ4n) is 1.38. The highest BCUT2D eigenvalue weighted by molar-refractivity contribution is 7.86. The summed E-state index contributed by atoms with van der Waals surface area (Å²) in [7, 11) is -4.94. The molecule has 0 atom stereocenters. The molecule has 100 valence electrons. The Kier molecular flexibility index (Phi) is 4.56. The maximum absolute atomic E-state index is 11.1. The molecule has 0 fully saturated rings. The second kappa shape index (κ2) is 5.12. The van der Waals surface area contributed by atoms with Gasteiger partial charge in [-0.05, 0) is 18.6 Å². The van der Waals surface area contributed by atoms with Crippen LogP contribution < -0.4 is 6.15 Å². The summed E-state index contributed by atoms with van der Waals surface area (Å²) in [6, 6.07) is 2.08. The zero-order chi connectivity index (χ0) is 13.4. The van der Waals surface area contributed by atoms with Gasteiger partial charge in [-0.1, -0.05) is 6.07 Å². The summed E-state index contributed by atoms with van der Waals surface area (Å²) in [6.07, 6.45) is 0. The first-order valence-corrected chi connectivity index (χ1v) is 5.68. The SMILES string of the molecule is Cc1ccc(C(=O)O)c(S(=O)(=O)O)c1C(=O)O.N. The minimum atomic E-state index is -4.94. The number of carboxylic acid groups (broad SMARTS) is 2. The van der Waals surface area contributed by atoms with Gasteiger partial charge in [-0.2, -0.15) is 8.42 Å². The predicted molar refractivity (Wildman–Crippen MR) is 59.9 cm³/mol. The summed E-state index contributed by atoms with van der Waals surface area (Å²) < 4.78 is 31.0. The number of aromatic carboxylic acids is 2. The quantitative estimate of drug-likeness (QED) is 0.589. The van der Waals surface area contributed by atoms with Crippen LogP contribution in [0.2, 0.25) is 0 Å². The highest BCUT2D eigenvalue weighted by Gasteiger charge is 2.28. The molecule has 1 aromatic carbocycles. The lowest BCUT2D eigenvalue weighted by Gasteiger charge is -2.09. The normalized spacial score (nSPS) is 10.6. The van der Waals surface area contributed by atoms with Gasteiger partial charge in [0.1, 0.15) is 4.90 Å². The summed E-state index contributed by atoms with van der Waals surface area (Å²) in [4.78, 5) is 20.6. The third-order valence-corrected chi connectivity index (χ3v) is 3.01. The monoisotopic (exact) mass is 277 g/mol. The summed E-state index contributed by atoms with van der Waals surface area (Å²) in [5.41, 5.74) is -1.49. The molecular formula is C9H11NO7S. The van der Waals surface area contributed by atoms with E-state index in [2.05, 4.69) is 0 Å². The van der Waals surface area contributed by atoms with E-state index >= 15 is 0 Å². The van der Waals surface area contributed by atoms with Gasteiger partial charge in [-0.15, -0.1) is 0 Å². The zero-order valence-corrected chi connectivity index (χ0v) is 10.1. The van der Waals surface area contributed by atoms with Crippen molar-refractivity contribution in [3.63, 3.8) is 0 Å². The van der Waals surface area contributed by atoms with Crippen molar-refractivity contribution in [2.75, 3.05) is 0 Å². The van der Waals surface area contributed by atoms with Crippen molar-refractivity contribution < 1.29 is 32.8 Å². The molecule has 0 saturated heterocycles. The van der Waals surface area contributed by atoms with Crippen LogP contribution in [0.5, 0.6) is 0 Å². The minimum absolute atomic E-state index is 0. The van der Waals surface area contributed by atoms with E-state index in [0.717, 1.165) is 12.1 Å². The Balaban J connectivity index is 0.00000289. The molecule has 1 rings (SSSR count). The number of aryl methyl sites for hydroxylation is 1. The van der Waals surface area contributed by atoms with Crippen LogP contribution in [0, 0.1) is 6.92 Å². The van der Waals surface area contributed by atoms with Gasteiger partial charge < -0.3 is 16.4 Å². The van der Waals surface area contributed by atoms with E-state index in [1.165, 1.54) is 6.92 Å². The number of carbonyl (C=O) groups is 2. The van der Waals surface area contributed by atoms with Gasteiger partial charge in [0.25, 0.3) is 10.1 Å². The van der Waals surface area contributed by atoms with Crippen LogP contribution in [0.3, 0.4) is 0 Å². The molecule has 8 nitrogen and oxygen atoms in total. The molecule has 0 unspecified atom stereocenters. The van der Waals surface area contributed by atoms with Gasteiger partial charge in [-0.25, -0.2) is 9.59 Å². The zero-order valence-electron chi connectivity index (χ0n) is 9.24. The fourth-order valence-corrected chi connectivity index (χ4v) is 2.32. The molecule has 0 radical (unpaired) electrons. The van der Waals surface area contributed by atoms with Gasteiger partial charge >= 0.3 is 11.9 Å². The summed E-state index contributed by atoms with van der Waals surface area (Å²) in [6.45, 7) is 1.30. The van der Waals surface area contributed by atoms with Crippen LogP contribution in [-0.2, 0) is 10.1 Å². The first-order chi connectivity index (χ1) is 7.66. The molecule has 0 aliphatic rings. The number of benzene rings is 1. The van der Waals surface area contributed by atoms with E-state index in [9.17, 15) is 18.0 Å². The van der Waals surface area contributed by atoms with Gasteiger partial charge in [0.2, 0.25) is 0 Å². The highest BCUT2D eigenvalue weighted by atomic mass is 32.2. The molecule has 0 bridgehead atoms. The molecule has 0 aliphatic carbocycles. The number of hydrogen-bond donors (Lipinski definition) is 4. The van der Waals surface area contributed by atoms with E-state index in [1.54, 1.807) is 0 Å². The van der Waals surface area contributed by atoms with E-state index in [4.69, 9.17) is 14.8 Å². The van der Waals surface area contributed by atoms with E-state index in [0.29, 0.717) is 0 Å². The van der Waals surface area contributed by atoms with Crippen LogP contribution in [-0.4, -0.2) is 35.1 Å². The number of carboxylic acids is 2. The molecule has 0 aromatic heterocycles. The van der Waals surface area contributed by atoms with Crippen LogP contribution in [0.25, 0.3) is 0 Å². The second-order valence-corrected chi connectivity index (χ2v) is 4.58. The summed E-state index contributed by atoms with van der Waals surface area (Å²) >= 11 is 0. The Labute approximate surface area is 102 Å². The summed E-state index contributed by atoms with van der Waals surface area (Å²) in [5.74, 6) is -3.27. The topological polar surface area (TPSA) is 164 Å². The van der Waals surface area contributed by atoms with E-state index < -0.39 is 38.1 Å². The van der Waals surface area contributed by atoms with E-state index in [1.807, 2.05) is 0 Å². The first-order valence-electron chi connectivity index (χ1n) is 4.24. The number of hydrogen-bond acceptors (Lipinski definition) is 5. The van der Waals surface area contributed by atoms with Crippen molar-refractivity contribution >= 4 is 22.1 Å². The Hall–Kier alpha value is -1.97. The van der Waals surface area contributed by atoms with Gasteiger partial charge in [0.15, 0.2) is 0 Å². The van der Waals surface area contributed by atoms with Crippen LogP contribution in [0.4, 0.5) is 0 Å². The number of rotatable bonds is 3. The van der Waals surface area contributed by atoms with Gasteiger partial charge in [0.05, 0.1) is 11.1 Å². The molecule has 0 heterocycles. The molecule has 0 saturated carbocycles. The van der Waals surface area contributed by atoms with Crippen molar-refractivity contribution in [3.05, 3.63) is 28.8 Å². The molecule has 0 spiro atoms. The van der Waals surface area contributed by atoms with Crippen molar-refractivity contribution in [1.29, 1.82) is 0 Å². The van der Waals surface area contributed by atoms with Gasteiger partial charge in [0, 0.05) is 0 Å². The molecular weight excluding hydrogens is 266 g/mol. The average Bonchev–Trinajstić information content (AvgIpc) is 2.14. The first kappa shape index (κ1) is 16.0. The fraction of sp³-hybridized carbons (Fsp3) is 0.111. The van der Waals surface area contributed by atoms with Crippen molar-refractivity contribution in [2.45, 2.75) is 11.8 Å². The Morgan fingerprint density at radius 1 is 1.11 bits per heavy atom. The van der Waals surface area contributed by atoms with Crippen LogP contribution in [0.15, 0.2) is 17.0 Å². The maximum atomic E-state index is 11.1. The maximum Gasteiger partial charge on any atom is 0.337 e. The highest BCUT2D eigenvalue weighted by Crippen LogP contribution is 2.24. The Morgan fingerprint density at radius 2 is 1.61 bits per heavy atom. The lowest BCUT2D eigenvalue weighted by molar-refractivity contribution is 0.0688. The van der Waals surface area contributed by atoms with Crippen molar-refractivity contribution in [1.82, 2.24) is 6.15 Å². The molecule has 1 aromatic rings. The van der Waals surface area contributed by atoms with Gasteiger partial charge in [-0.3, -0.25) is 4.55 Å². The third kappa shape index (κ3) is 2.83. The molecule has 6 N–H and O–H groups in total. The largest absolute Gasteiger partial charge is 0.478 e. The molecule has 18 heavy (non-hydrogen) atoms. The molecule has 9 heteroatoms. The summed E-state index contributed by atoms with van der Waals surface area (Å²) in [5, 5.41) is 17.6. The Morgan fingerprint density at radius 3 is 1.94 bits per heavy atom. The molecule has 0 aliphatic heterocycles. The third-order valence-electron chi connectivity index (χ3n) is 2.07. The Bertz CT molecular complexity index is 606. The minimum Gasteiger partial charge on any atom is -0.478 e. The standard InChI is InChI=1S/C9H8O7S.H3N/c1-4-2-3-5(8(10)11)7(17(14,15)16)6(4)9(12)13;/h2-3H,1H3,(H,10,11)(H,12,13)(H,14,15,16);1H3. The van der Waals surface area contributed by atoms with Crippen LogP contribution in [0.1, 0.15) is 26.3 Å². The smallest absolute Gasteiger partial charge is 0.337 e. The van der Waals surface area contributed by atoms with E-state index in [-0.39, 0.29) is 11.7 Å². The molecule has 0 amide bonds. The second-order valence-electron chi connectivity index (χ2n) is 3.22. The van der Waals surface area contributed by atoms with Crippen molar-refractivity contribution in [3.8, 4) is 0 Å².